The summed E-state index contributed by atoms with van der Waals surface area (Å²) in [5.74, 6) is -0.244. The smallest absolute Gasteiger partial charge is 0.254 e. The van der Waals surface area contributed by atoms with E-state index in [9.17, 15) is 14.3 Å². The molecule has 0 aromatic heterocycles. The van der Waals surface area contributed by atoms with Crippen LogP contribution in [-0.2, 0) is 4.79 Å². The summed E-state index contributed by atoms with van der Waals surface area (Å²) in [5, 5.41) is 9.91. The number of likely N-dealkylation sites (tertiary alicyclic amines) is 1. The largest absolute Gasteiger partial charge is 0.393 e. The van der Waals surface area contributed by atoms with Gasteiger partial charge in [0, 0.05) is 17.1 Å². The third-order valence-electron chi connectivity index (χ3n) is 4.59. The maximum Gasteiger partial charge on any atom is 0.254 e. The maximum absolute atomic E-state index is 14.6. The predicted molar refractivity (Wildman–Crippen MR) is 103 cm³/mol. The first-order valence-corrected chi connectivity index (χ1v) is 9.00. The lowest BCUT2D eigenvalue weighted by Gasteiger charge is -2.36. The van der Waals surface area contributed by atoms with Crippen molar-refractivity contribution < 1.29 is 14.3 Å². The third-order valence-corrected chi connectivity index (χ3v) is 4.85. The second-order valence-electron chi connectivity index (χ2n) is 6.61. The Morgan fingerprint density at radius 1 is 1.19 bits per heavy atom. The molecular formula is C21H21ClFNO2. The van der Waals surface area contributed by atoms with Gasteiger partial charge in [-0.1, -0.05) is 54.1 Å². The van der Waals surface area contributed by atoms with Gasteiger partial charge < -0.3 is 10.0 Å². The van der Waals surface area contributed by atoms with Gasteiger partial charge in [-0.3, -0.25) is 4.79 Å². The molecule has 0 saturated carbocycles. The lowest BCUT2D eigenvalue weighted by atomic mass is 9.94. The SMILES string of the molecule is O=C(/C(=C/c1ccccc1)c1ccc(Cl)cc1)N1CCCC(F)(CO)C1. The number of aliphatic hydroxyl groups excluding tert-OH is 1. The van der Waals surface area contributed by atoms with Crippen LogP contribution in [0.25, 0.3) is 11.6 Å². The quantitative estimate of drug-likeness (QED) is 0.644. The molecule has 1 unspecified atom stereocenters. The van der Waals surface area contributed by atoms with Crippen LogP contribution in [0.3, 0.4) is 0 Å². The zero-order chi connectivity index (χ0) is 18.6. The summed E-state index contributed by atoms with van der Waals surface area (Å²) in [4.78, 5) is 14.7. The minimum Gasteiger partial charge on any atom is -0.393 e. The van der Waals surface area contributed by atoms with Crippen LogP contribution in [0.15, 0.2) is 54.6 Å². The van der Waals surface area contributed by atoms with Gasteiger partial charge in [-0.2, -0.15) is 0 Å². The van der Waals surface area contributed by atoms with Crippen molar-refractivity contribution in [1.29, 1.82) is 0 Å². The first-order chi connectivity index (χ1) is 12.5. The summed E-state index contributed by atoms with van der Waals surface area (Å²) in [7, 11) is 0. The molecule has 1 N–H and O–H groups in total. The van der Waals surface area contributed by atoms with Crippen molar-refractivity contribution in [3.63, 3.8) is 0 Å². The number of carbonyl (C=O) groups is 1. The Balaban J connectivity index is 1.96. The summed E-state index contributed by atoms with van der Waals surface area (Å²) < 4.78 is 14.6. The molecule has 1 atom stereocenters. The van der Waals surface area contributed by atoms with E-state index >= 15 is 0 Å². The minimum atomic E-state index is -1.73. The molecule has 0 spiro atoms. The van der Waals surface area contributed by atoms with Gasteiger partial charge in [0.15, 0.2) is 5.67 Å². The van der Waals surface area contributed by atoms with Gasteiger partial charge in [0.2, 0.25) is 0 Å². The van der Waals surface area contributed by atoms with Crippen molar-refractivity contribution in [3.05, 3.63) is 70.7 Å². The average Bonchev–Trinajstić information content (AvgIpc) is 2.67. The molecule has 3 rings (SSSR count). The van der Waals surface area contributed by atoms with E-state index in [1.165, 1.54) is 4.90 Å². The van der Waals surface area contributed by atoms with Crippen LogP contribution in [0, 0.1) is 0 Å². The van der Waals surface area contributed by atoms with Crippen molar-refractivity contribution in [3.8, 4) is 0 Å². The molecule has 5 heteroatoms. The molecule has 1 aliphatic rings. The van der Waals surface area contributed by atoms with Gasteiger partial charge in [-0.05, 0) is 42.2 Å². The Labute approximate surface area is 157 Å². The van der Waals surface area contributed by atoms with Crippen LogP contribution >= 0.6 is 11.6 Å². The summed E-state index contributed by atoms with van der Waals surface area (Å²) in [6.07, 6.45) is 2.60. The van der Waals surface area contributed by atoms with Crippen LogP contribution in [0.4, 0.5) is 4.39 Å². The van der Waals surface area contributed by atoms with Crippen molar-refractivity contribution in [2.75, 3.05) is 19.7 Å². The number of carbonyl (C=O) groups excluding carboxylic acids is 1. The highest BCUT2D eigenvalue weighted by Crippen LogP contribution is 2.29. The van der Waals surface area contributed by atoms with E-state index in [0.717, 1.165) is 11.1 Å². The summed E-state index contributed by atoms with van der Waals surface area (Å²) >= 11 is 5.97. The van der Waals surface area contributed by atoms with Crippen LogP contribution in [0.1, 0.15) is 24.0 Å². The molecule has 26 heavy (non-hydrogen) atoms. The number of benzene rings is 2. The number of hydrogen-bond acceptors (Lipinski definition) is 2. The third kappa shape index (κ3) is 4.32. The standard InChI is InChI=1S/C21H21ClFNO2/c22-18-9-7-17(8-10-18)19(13-16-5-2-1-3-6-16)20(26)24-12-4-11-21(23,14-24)15-25/h1-3,5-10,13,25H,4,11-12,14-15H2/b19-13+. The number of nitrogens with zero attached hydrogens (tertiary/aromatic N) is 1. The van der Waals surface area contributed by atoms with E-state index in [-0.39, 0.29) is 18.9 Å². The number of amides is 1. The zero-order valence-electron chi connectivity index (χ0n) is 14.4. The molecule has 0 bridgehead atoms. The van der Waals surface area contributed by atoms with Gasteiger partial charge in [-0.25, -0.2) is 4.39 Å². The molecule has 1 saturated heterocycles. The Kier molecular flexibility index (Phi) is 5.74. The zero-order valence-corrected chi connectivity index (χ0v) is 15.1. The predicted octanol–water partition coefficient (Wildman–Crippen LogP) is 4.20. The Morgan fingerprint density at radius 3 is 2.54 bits per heavy atom. The summed E-state index contributed by atoms with van der Waals surface area (Å²) in [6, 6.07) is 16.5. The van der Waals surface area contributed by atoms with Gasteiger partial charge in [0.1, 0.15) is 0 Å². The van der Waals surface area contributed by atoms with Crippen molar-refractivity contribution >= 4 is 29.2 Å². The Morgan fingerprint density at radius 2 is 1.88 bits per heavy atom. The second kappa shape index (κ2) is 8.02. The highest BCUT2D eigenvalue weighted by Gasteiger charge is 2.37. The number of aliphatic hydroxyl groups is 1. The topological polar surface area (TPSA) is 40.5 Å². The van der Waals surface area contributed by atoms with Crippen LogP contribution in [-0.4, -0.2) is 41.3 Å². The number of halogens is 2. The first kappa shape index (κ1) is 18.6. The molecule has 2 aromatic rings. The van der Waals surface area contributed by atoms with E-state index in [4.69, 9.17) is 11.6 Å². The second-order valence-corrected chi connectivity index (χ2v) is 7.05. The van der Waals surface area contributed by atoms with Gasteiger partial charge in [-0.15, -0.1) is 0 Å². The fourth-order valence-corrected chi connectivity index (χ4v) is 3.30. The summed E-state index contributed by atoms with van der Waals surface area (Å²) in [6.45, 7) is -0.193. The van der Waals surface area contributed by atoms with E-state index in [2.05, 4.69) is 0 Å². The molecular weight excluding hydrogens is 353 g/mol. The fraction of sp³-hybridized carbons (Fsp3) is 0.286. The molecule has 3 nitrogen and oxygen atoms in total. The molecule has 1 heterocycles. The van der Waals surface area contributed by atoms with Gasteiger partial charge >= 0.3 is 0 Å². The molecule has 0 radical (unpaired) electrons. The number of piperidine rings is 1. The lowest BCUT2D eigenvalue weighted by Crippen LogP contribution is -2.49. The van der Waals surface area contributed by atoms with E-state index < -0.39 is 12.3 Å². The van der Waals surface area contributed by atoms with E-state index in [1.54, 1.807) is 30.3 Å². The molecule has 2 aromatic carbocycles. The normalized spacial score (nSPS) is 20.9. The first-order valence-electron chi connectivity index (χ1n) is 8.62. The van der Waals surface area contributed by atoms with Crippen molar-refractivity contribution in [2.45, 2.75) is 18.5 Å². The van der Waals surface area contributed by atoms with E-state index in [0.29, 0.717) is 23.6 Å². The van der Waals surface area contributed by atoms with Crippen LogP contribution in [0.5, 0.6) is 0 Å². The van der Waals surface area contributed by atoms with Gasteiger partial charge in [0.25, 0.3) is 5.91 Å². The van der Waals surface area contributed by atoms with Gasteiger partial charge in [0.05, 0.1) is 13.2 Å². The molecule has 1 aliphatic heterocycles. The minimum absolute atomic E-state index is 0.0952. The Hall–Kier alpha value is -2.17. The average molecular weight is 374 g/mol. The van der Waals surface area contributed by atoms with Crippen molar-refractivity contribution in [1.82, 2.24) is 4.90 Å². The molecule has 136 valence electrons. The highest BCUT2D eigenvalue weighted by atomic mass is 35.5. The number of hydrogen-bond donors (Lipinski definition) is 1. The highest BCUT2D eigenvalue weighted by molar-refractivity contribution is 6.31. The van der Waals surface area contributed by atoms with Crippen LogP contribution in [0.2, 0.25) is 5.02 Å². The summed E-state index contributed by atoms with van der Waals surface area (Å²) in [5.41, 5.74) is 0.361. The lowest BCUT2D eigenvalue weighted by molar-refractivity contribution is -0.130. The molecule has 0 aliphatic carbocycles. The van der Waals surface area contributed by atoms with Crippen LogP contribution < -0.4 is 0 Å². The van der Waals surface area contributed by atoms with E-state index in [1.807, 2.05) is 30.3 Å². The molecule has 1 amide bonds. The fourth-order valence-electron chi connectivity index (χ4n) is 3.17. The monoisotopic (exact) mass is 373 g/mol. The number of rotatable bonds is 4. The van der Waals surface area contributed by atoms with Crippen molar-refractivity contribution in [2.24, 2.45) is 0 Å². The Bertz CT molecular complexity index is 791. The maximum atomic E-state index is 14.6. The number of alkyl halides is 1. The molecule has 1 fully saturated rings.